The maximum absolute atomic E-state index is 3.66. The van der Waals surface area contributed by atoms with Gasteiger partial charge in [0.15, 0.2) is 0 Å². The van der Waals surface area contributed by atoms with Crippen molar-refractivity contribution in [2.75, 3.05) is 5.43 Å². The van der Waals surface area contributed by atoms with Crippen LogP contribution in [0.5, 0.6) is 0 Å². The fourth-order valence-electron chi connectivity index (χ4n) is 2.89. The summed E-state index contributed by atoms with van der Waals surface area (Å²) in [6, 6.07) is 11.5. The molecule has 0 saturated carbocycles. The molecule has 3 rings (SSSR count). The molecule has 1 heterocycles. The van der Waals surface area contributed by atoms with E-state index in [0.717, 1.165) is 12.8 Å². The molecular formula is C16H19BrN2. The lowest BCUT2D eigenvalue weighted by Crippen LogP contribution is -2.34. The summed E-state index contributed by atoms with van der Waals surface area (Å²) >= 11 is 3.55. The predicted octanol–water partition coefficient (Wildman–Crippen LogP) is 3.97. The molecule has 0 radical (unpaired) electrons. The molecule has 0 bridgehead atoms. The fraction of sp³-hybridized carbons (Fsp3) is 0.375. The van der Waals surface area contributed by atoms with Gasteiger partial charge in [-0.05, 0) is 68.5 Å². The van der Waals surface area contributed by atoms with E-state index in [1.165, 1.54) is 33.4 Å². The van der Waals surface area contributed by atoms with Gasteiger partial charge >= 0.3 is 0 Å². The number of fused-ring (bicyclic) bond motifs is 1. The van der Waals surface area contributed by atoms with Gasteiger partial charge in [-0.2, -0.15) is 0 Å². The molecule has 2 nitrogen and oxygen atoms in total. The Labute approximate surface area is 122 Å². The van der Waals surface area contributed by atoms with E-state index in [-0.39, 0.29) is 0 Å². The van der Waals surface area contributed by atoms with Crippen LogP contribution >= 0.6 is 15.9 Å². The first-order chi connectivity index (χ1) is 9.13. The summed E-state index contributed by atoms with van der Waals surface area (Å²) < 4.78 is 3.41. The smallest absolute Gasteiger partial charge is 0.0468 e. The molecule has 1 aromatic carbocycles. The van der Waals surface area contributed by atoms with Gasteiger partial charge in [-0.25, -0.2) is 0 Å². The molecule has 0 fully saturated rings. The number of benzene rings is 1. The highest BCUT2D eigenvalue weighted by Crippen LogP contribution is 2.25. The van der Waals surface area contributed by atoms with E-state index in [0.29, 0.717) is 6.04 Å². The lowest BCUT2D eigenvalue weighted by molar-refractivity contribution is 0.551. The van der Waals surface area contributed by atoms with Crippen molar-refractivity contribution in [2.24, 2.45) is 0 Å². The van der Waals surface area contributed by atoms with Crippen LogP contribution in [0.2, 0.25) is 0 Å². The van der Waals surface area contributed by atoms with Crippen molar-refractivity contribution >= 4 is 15.9 Å². The third-order valence-electron chi connectivity index (χ3n) is 3.98. The Balaban J connectivity index is 1.77. The molecule has 0 saturated heterocycles. The highest BCUT2D eigenvalue weighted by molar-refractivity contribution is 9.10. The maximum atomic E-state index is 3.66. The maximum Gasteiger partial charge on any atom is 0.0468 e. The monoisotopic (exact) mass is 318 g/mol. The molecule has 2 aromatic rings. The third kappa shape index (κ3) is 2.57. The number of aryl methyl sites for hydroxylation is 3. The van der Waals surface area contributed by atoms with Crippen LogP contribution in [0.4, 0.5) is 0 Å². The minimum Gasteiger partial charge on any atom is -0.323 e. The summed E-state index contributed by atoms with van der Waals surface area (Å²) in [6.45, 7) is 4.29. The third-order valence-corrected chi connectivity index (χ3v) is 4.47. The van der Waals surface area contributed by atoms with E-state index < -0.39 is 0 Å². The minimum absolute atomic E-state index is 0.526. The van der Waals surface area contributed by atoms with Crippen molar-refractivity contribution in [3.63, 3.8) is 0 Å². The largest absolute Gasteiger partial charge is 0.323 e. The van der Waals surface area contributed by atoms with Gasteiger partial charge in [-0.3, -0.25) is 4.68 Å². The number of rotatable bonds is 2. The second kappa shape index (κ2) is 5.04. The lowest BCUT2D eigenvalue weighted by Gasteiger charge is -2.28. The zero-order chi connectivity index (χ0) is 13.4. The van der Waals surface area contributed by atoms with Crippen molar-refractivity contribution in [3.05, 3.63) is 57.3 Å². The molecule has 100 valence electrons. The molecule has 1 N–H and O–H groups in total. The van der Waals surface area contributed by atoms with Crippen molar-refractivity contribution in [1.82, 2.24) is 4.68 Å². The standard InChI is InChI=1S/C16H19BrN2/c1-11-3-4-12(2)19(11)18-16-8-6-13-9-15(17)7-5-14(13)10-16/h3-5,7,9,16,18H,6,8,10H2,1-2H3. The van der Waals surface area contributed by atoms with Crippen LogP contribution in [0.25, 0.3) is 0 Å². The van der Waals surface area contributed by atoms with E-state index in [9.17, 15) is 0 Å². The Kier molecular flexibility index (Phi) is 3.40. The SMILES string of the molecule is Cc1ccc(C)n1NC1CCc2cc(Br)ccc2C1. The van der Waals surface area contributed by atoms with Crippen LogP contribution in [0.15, 0.2) is 34.8 Å². The fourth-order valence-corrected chi connectivity index (χ4v) is 3.30. The van der Waals surface area contributed by atoms with E-state index in [4.69, 9.17) is 0 Å². The van der Waals surface area contributed by atoms with Crippen LogP contribution in [-0.2, 0) is 12.8 Å². The van der Waals surface area contributed by atoms with Gasteiger partial charge in [-0.1, -0.05) is 22.0 Å². The number of hydrogen-bond donors (Lipinski definition) is 1. The average Bonchev–Trinajstić information content (AvgIpc) is 2.71. The summed E-state index contributed by atoms with van der Waals surface area (Å²) in [5.41, 5.74) is 9.19. The van der Waals surface area contributed by atoms with Gasteiger partial charge in [0, 0.05) is 21.9 Å². The van der Waals surface area contributed by atoms with E-state index in [1.807, 2.05) is 0 Å². The van der Waals surface area contributed by atoms with Gasteiger partial charge in [-0.15, -0.1) is 0 Å². The summed E-state index contributed by atoms with van der Waals surface area (Å²) in [5.74, 6) is 0. The normalized spacial score (nSPS) is 18.2. The number of aromatic nitrogens is 1. The molecule has 0 spiro atoms. The number of nitrogens with zero attached hydrogens (tertiary/aromatic N) is 1. The Hall–Kier alpha value is -1.22. The van der Waals surface area contributed by atoms with Gasteiger partial charge in [0.25, 0.3) is 0 Å². The number of halogens is 1. The first-order valence-corrected chi connectivity index (χ1v) is 7.61. The van der Waals surface area contributed by atoms with Crippen LogP contribution < -0.4 is 5.43 Å². The van der Waals surface area contributed by atoms with Crippen LogP contribution in [0.3, 0.4) is 0 Å². The molecule has 0 aliphatic heterocycles. The summed E-state index contributed by atoms with van der Waals surface area (Å²) in [7, 11) is 0. The van der Waals surface area contributed by atoms with Crippen molar-refractivity contribution < 1.29 is 0 Å². The highest BCUT2D eigenvalue weighted by Gasteiger charge is 2.19. The molecule has 1 unspecified atom stereocenters. The van der Waals surface area contributed by atoms with Crippen LogP contribution in [-0.4, -0.2) is 10.7 Å². The van der Waals surface area contributed by atoms with Gasteiger partial charge in [0.1, 0.15) is 0 Å². The summed E-state index contributed by atoms with van der Waals surface area (Å²) in [6.07, 6.45) is 3.46. The lowest BCUT2D eigenvalue weighted by atomic mass is 9.89. The van der Waals surface area contributed by atoms with Crippen molar-refractivity contribution in [3.8, 4) is 0 Å². The molecule has 1 atom stereocenters. The van der Waals surface area contributed by atoms with Crippen LogP contribution in [0.1, 0.15) is 28.9 Å². The predicted molar refractivity (Wildman–Crippen MR) is 83.2 cm³/mol. The summed E-state index contributed by atoms with van der Waals surface area (Å²) in [5, 5.41) is 0. The Bertz CT molecular complexity index is 581. The first-order valence-electron chi connectivity index (χ1n) is 6.82. The Morgan fingerprint density at radius 3 is 2.58 bits per heavy atom. The molecule has 1 aromatic heterocycles. The zero-order valence-corrected chi connectivity index (χ0v) is 13.0. The molecule has 3 heteroatoms. The highest BCUT2D eigenvalue weighted by atomic mass is 79.9. The zero-order valence-electron chi connectivity index (χ0n) is 11.4. The Morgan fingerprint density at radius 2 is 1.84 bits per heavy atom. The van der Waals surface area contributed by atoms with Crippen LogP contribution in [0, 0.1) is 13.8 Å². The number of nitrogens with one attached hydrogen (secondary N) is 1. The minimum atomic E-state index is 0.526. The van der Waals surface area contributed by atoms with E-state index in [2.05, 4.69) is 70.2 Å². The molecule has 1 aliphatic carbocycles. The van der Waals surface area contributed by atoms with Gasteiger partial charge in [0.05, 0.1) is 0 Å². The topological polar surface area (TPSA) is 17.0 Å². The van der Waals surface area contributed by atoms with Gasteiger partial charge in [0.2, 0.25) is 0 Å². The van der Waals surface area contributed by atoms with E-state index >= 15 is 0 Å². The van der Waals surface area contributed by atoms with Crippen molar-refractivity contribution in [1.29, 1.82) is 0 Å². The number of hydrogen-bond acceptors (Lipinski definition) is 1. The summed E-state index contributed by atoms with van der Waals surface area (Å²) in [4.78, 5) is 0. The molecular weight excluding hydrogens is 300 g/mol. The van der Waals surface area contributed by atoms with Gasteiger partial charge < -0.3 is 5.43 Å². The quantitative estimate of drug-likeness (QED) is 0.886. The molecule has 19 heavy (non-hydrogen) atoms. The Morgan fingerprint density at radius 1 is 1.11 bits per heavy atom. The molecule has 1 aliphatic rings. The second-order valence-electron chi connectivity index (χ2n) is 5.43. The average molecular weight is 319 g/mol. The molecule has 0 amide bonds. The second-order valence-corrected chi connectivity index (χ2v) is 6.35. The van der Waals surface area contributed by atoms with E-state index in [1.54, 1.807) is 0 Å². The van der Waals surface area contributed by atoms with Crippen molar-refractivity contribution in [2.45, 2.75) is 39.2 Å². The first kappa shape index (κ1) is 12.8.